The molecule has 5 N–H and O–H groups in total. The molecular weight excluding hydrogens is 262 g/mol. The zero-order valence-corrected chi connectivity index (χ0v) is 11.4. The van der Waals surface area contributed by atoms with E-state index in [1.54, 1.807) is 0 Å². The number of carboxylic acid groups (broad SMARTS) is 1. The number of aliphatic carboxylic acids is 1. The predicted octanol–water partition coefficient (Wildman–Crippen LogP) is 0.194. The summed E-state index contributed by atoms with van der Waals surface area (Å²) in [4.78, 5) is 33.4. The number of nitrogens with two attached hydrogens (primary N) is 1. The fraction of sp³-hybridized carbons (Fsp3) is 0.769. The first-order valence-corrected chi connectivity index (χ1v) is 6.98. The Kier molecular flexibility index (Phi) is 4.15. The Labute approximate surface area is 117 Å². The van der Waals surface area contributed by atoms with Crippen molar-refractivity contribution in [3.8, 4) is 0 Å². The van der Waals surface area contributed by atoms with Crippen LogP contribution in [0.4, 0.5) is 4.79 Å². The third-order valence-corrected chi connectivity index (χ3v) is 4.22. The van der Waals surface area contributed by atoms with Crippen LogP contribution >= 0.6 is 0 Å². The molecular formula is C13H21N3O4. The van der Waals surface area contributed by atoms with Crippen LogP contribution in [0.2, 0.25) is 0 Å². The summed E-state index contributed by atoms with van der Waals surface area (Å²) in [6.45, 7) is 0.603. The molecule has 2 rings (SSSR count). The summed E-state index contributed by atoms with van der Waals surface area (Å²) in [6, 6.07) is -1.58. The summed E-state index contributed by atoms with van der Waals surface area (Å²) in [7, 11) is 0. The molecule has 2 aliphatic carbocycles. The average Bonchev–Trinajstić information content (AvgIpc) is 3.24. The van der Waals surface area contributed by atoms with E-state index in [0.29, 0.717) is 6.54 Å². The van der Waals surface area contributed by atoms with Gasteiger partial charge in [0.25, 0.3) is 0 Å². The number of nitrogens with one attached hydrogen (secondary N) is 2. The van der Waals surface area contributed by atoms with E-state index in [2.05, 4.69) is 10.6 Å². The first-order chi connectivity index (χ1) is 9.43. The summed E-state index contributed by atoms with van der Waals surface area (Å²) < 4.78 is 0. The van der Waals surface area contributed by atoms with Crippen molar-refractivity contribution in [2.75, 3.05) is 6.54 Å². The van der Waals surface area contributed by atoms with E-state index in [1.807, 2.05) is 0 Å². The lowest BCUT2D eigenvalue weighted by atomic mass is 10.0. The van der Waals surface area contributed by atoms with E-state index in [0.717, 1.165) is 18.8 Å². The monoisotopic (exact) mass is 283 g/mol. The maximum absolute atomic E-state index is 11.7. The van der Waals surface area contributed by atoms with E-state index in [-0.39, 0.29) is 18.3 Å². The first kappa shape index (κ1) is 14.6. The van der Waals surface area contributed by atoms with Gasteiger partial charge >= 0.3 is 12.0 Å². The van der Waals surface area contributed by atoms with Crippen molar-refractivity contribution in [3.05, 3.63) is 0 Å². The van der Waals surface area contributed by atoms with Crippen molar-refractivity contribution in [2.45, 2.75) is 44.6 Å². The number of carboxylic acids is 1. The molecule has 0 aromatic heterocycles. The Morgan fingerprint density at radius 2 is 1.95 bits per heavy atom. The Hall–Kier alpha value is -1.79. The maximum Gasteiger partial charge on any atom is 0.326 e. The van der Waals surface area contributed by atoms with Crippen LogP contribution in [0.1, 0.15) is 38.5 Å². The second-order valence-corrected chi connectivity index (χ2v) is 5.86. The highest BCUT2D eigenvalue weighted by molar-refractivity contribution is 5.83. The lowest BCUT2D eigenvalue weighted by molar-refractivity contribution is -0.139. The normalized spacial score (nSPS) is 20.8. The molecule has 20 heavy (non-hydrogen) atoms. The van der Waals surface area contributed by atoms with Crippen molar-refractivity contribution in [1.82, 2.24) is 10.6 Å². The second kappa shape index (κ2) is 5.68. The summed E-state index contributed by atoms with van der Waals surface area (Å²) in [5.74, 6) is -1.01. The van der Waals surface area contributed by atoms with Gasteiger partial charge in [0.05, 0.1) is 0 Å². The molecule has 112 valence electrons. The summed E-state index contributed by atoms with van der Waals surface area (Å²) in [5.41, 5.74) is 5.24. The standard InChI is InChI=1S/C13H21N3O4/c14-10(17)4-3-9(11(18)19)16-12(20)15-7-13(5-6-13)8-1-2-8/h8-9H,1-7H2,(H2,14,17)(H,18,19)(H2,15,16,20)/t9-/m1/s1. The molecule has 0 aliphatic heterocycles. The van der Waals surface area contributed by atoms with Gasteiger partial charge in [0.2, 0.25) is 5.91 Å². The summed E-state index contributed by atoms with van der Waals surface area (Å²) >= 11 is 0. The largest absolute Gasteiger partial charge is 0.480 e. The lowest BCUT2D eigenvalue weighted by Gasteiger charge is -2.18. The van der Waals surface area contributed by atoms with Gasteiger partial charge in [-0.2, -0.15) is 0 Å². The quantitative estimate of drug-likeness (QED) is 0.508. The SMILES string of the molecule is NC(=O)CC[C@@H](NC(=O)NCC1(C2CC2)CC1)C(=O)O. The van der Waals surface area contributed by atoms with E-state index in [1.165, 1.54) is 12.8 Å². The third-order valence-electron chi connectivity index (χ3n) is 4.22. The van der Waals surface area contributed by atoms with Crippen LogP contribution < -0.4 is 16.4 Å². The Morgan fingerprint density at radius 1 is 1.30 bits per heavy atom. The second-order valence-electron chi connectivity index (χ2n) is 5.86. The number of primary amides is 1. The number of urea groups is 1. The van der Waals surface area contributed by atoms with E-state index in [4.69, 9.17) is 10.8 Å². The molecule has 0 bridgehead atoms. The topological polar surface area (TPSA) is 122 Å². The van der Waals surface area contributed by atoms with Gasteiger partial charge in [-0.3, -0.25) is 4.79 Å². The fourth-order valence-corrected chi connectivity index (χ4v) is 2.60. The van der Waals surface area contributed by atoms with E-state index >= 15 is 0 Å². The van der Waals surface area contributed by atoms with Gasteiger partial charge < -0.3 is 21.5 Å². The van der Waals surface area contributed by atoms with Crippen LogP contribution in [0.25, 0.3) is 0 Å². The van der Waals surface area contributed by atoms with Crippen LogP contribution in [-0.4, -0.2) is 35.6 Å². The lowest BCUT2D eigenvalue weighted by Crippen LogP contribution is -2.47. The van der Waals surface area contributed by atoms with E-state index in [9.17, 15) is 14.4 Å². The van der Waals surface area contributed by atoms with E-state index < -0.39 is 23.9 Å². The molecule has 0 aromatic rings. The number of carbonyl (C=O) groups excluding carboxylic acids is 2. The van der Waals surface area contributed by atoms with Gasteiger partial charge in [-0.05, 0) is 43.4 Å². The molecule has 2 saturated carbocycles. The predicted molar refractivity (Wildman–Crippen MR) is 70.8 cm³/mol. The molecule has 3 amide bonds. The highest BCUT2D eigenvalue weighted by Gasteiger charge is 2.53. The molecule has 0 spiro atoms. The van der Waals surface area contributed by atoms with Crippen molar-refractivity contribution in [3.63, 3.8) is 0 Å². The van der Waals surface area contributed by atoms with Crippen molar-refractivity contribution >= 4 is 17.9 Å². The number of hydrogen-bond acceptors (Lipinski definition) is 3. The van der Waals surface area contributed by atoms with Crippen molar-refractivity contribution < 1.29 is 19.5 Å². The molecule has 7 heteroatoms. The smallest absolute Gasteiger partial charge is 0.326 e. The average molecular weight is 283 g/mol. The molecule has 1 atom stereocenters. The molecule has 0 aromatic carbocycles. The molecule has 2 fully saturated rings. The highest BCUT2D eigenvalue weighted by atomic mass is 16.4. The van der Waals surface area contributed by atoms with Crippen LogP contribution in [0.3, 0.4) is 0 Å². The third kappa shape index (κ3) is 3.85. The van der Waals surface area contributed by atoms with Crippen molar-refractivity contribution in [1.29, 1.82) is 0 Å². The van der Waals surface area contributed by atoms with Crippen LogP contribution in [0.5, 0.6) is 0 Å². The number of amides is 3. The fourth-order valence-electron chi connectivity index (χ4n) is 2.60. The summed E-state index contributed by atoms with van der Waals surface area (Å²) in [6.07, 6.45) is 4.69. The number of hydrogen-bond donors (Lipinski definition) is 4. The van der Waals surface area contributed by atoms with Crippen LogP contribution in [0.15, 0.2) is 0 Å². The minimum absolute atomic E-state index is 0.00581. The zero-order valence-electron chi connectivity index (χ0n) is 11.4. The van der Waals surface area contributed by atoms with Crippen LogP contribution in [-0.2, 0) is 9.59 Å². The first-order valence-electron chi connectivity index (χ1n) is 6.98. The van der Waals surface area contributed by atoms with Gasteiger partial charge in [0.1, 0.15) is 6.04 Å². The molecule has 0 unspecified atom stereocenters. The van der Waals surface area contributed by atoms with Gasteiger partial charge in [-0.25, -0.2) is 9.59 Å². The molecule has 2 aliphatic rings. The Bertz CT molecular complexity index is 416. The Balaban J connectivity index is 1.73. The molecule has 7 nitrogen and oxygen atoms in total. The van der Waals surface area contributed by atoms with Gasteiger partial charge in [-0.1, -0.05) is 0 Å². The van der Waals surface area contributed by atoms with Gasteiger partial charge in [0.15, 0.2) is 0 Å². The van der Waals surface area contributed by atoms with Gasteiger partial charge in [-0.15, -0.1) is 0 Å². The number of rotatable bonds is 8. The maximum atomic E-state index is 11.7. The minimum atomic E-state index is -1.16. The molecule has 0 heterocycles. The van der Waals surface area contributed by atoms with Crippen molar-refractivity contribution in [2.24, 2.45) is 17.1 Å². The Morgan fingerprint density at radius 3 is 2.40 bits per heavy atom. The van der Waals surface area contributed by atoms with Gasteiger partial charge in [0, 0.05) is 13.0 Å². The molecule has 0 radical (unpaired) electrons. The minimum Gasteiger partial charge on any atom is -0.480 e. The highest BCUT2D eigenvalue weighted by Crippen LogP contribution is 2.60. The number of carbonyl (C=O) groups is 3. The summed E-state index contributed by atoms with van der Waals surface area (Å²) in [5, 5.41) is 14.1. The van der Waals surface area contributed by atoms with Crippen LogP contribution in [0, 0.1) is 11.3 Å². The molecule has 0 saturated heterocycles. The zero-order chi connectivity index (χ0) is 14.8.